The van der Waals surface area contributed by atoms with E-state index >= 15 is 0 Å². The minimum Gasteiger partial charge on any atom is -0.452 e. The molecule has 3 aromatic carbocycles. The van der Waals surface area contributed by atoms with Gasteiger partial charge in [0.1, 0.15) is 5.54 Å². The average Bonchev–Trinajstić information content (AvgIpc) is 3.50. The van der Waals surface area contributed by atoms with Crippen LogP contribution in [0.3, 0.4) is 0 Å². The Bertz CT molecular complexity index is 1720. The van der Waals surface area contributed by atoms with Crippen molar-refractivity contribution >= 4 is 34.5 Å². The Labute approximate surface area is 254 Å². The smallest absolute Gasteiger partial charge is 0.338 e. The van der Waals surface area contributed by atoms with Crippen LogP contribution in [0.25, 0.3) is 11.0 Å². The number of aromatic nitrogens is 2. The van der Waals surface area contributed by atoms with Crippen LogP contribution >= 0.6 is 0 Å². The molecule has 11 heteroatoms. The molecule has 2 fully saturated rings. The van der Waals surface area contributed by atoms with Gasteiger partial charge < -0.3 is 30.2 Å². The van der Waals surface area contributed by atoms with E-state index in [0.717, 1.165) is 48.3 Å². The van der Waals surface area contributed by atoms with Gasteiger partial charge in [-0.3, -0.25) is 14.2 Å². The molecule has 0 radical (unpaired) electrons. The van der Waals surface area contributed by atoms with Crippen LogP contribution in [0.2, 0.25) is 0 Å². The number of hydrogen-bond acceptors (Lipinski definition) is 7. The highest BCUT2D eigenvalue weighted by Gasteiger charge is 2.53. The number of amides is 2. The highest BCUT2D eigenvalue weighted by atomic mass is 16.5. The molecule has 1 aromatic heterocycles. The number of aryl methyl sites for hydroxylation is 1. The molecule has 0 atom stereocenters. The molecule has 2 saturated heterocycles. The molecule has 44 heavy (non-hydrogen) atoms. The van der Waals surface area contributed by atoms with Gasteiger partial charge in [0, 0.05) is 31.9 Å². The third-order valence-corrected chi connectivity index (χ3v) is 8.68. The lowest BCUT2D eigenvalue weighted by Gasteiger charge is -2.43. The summed E-state index contributed by atoms with van der Waals surface area (Å²) in [4.78, 5) is 59.4. The first kappa shape index (κ1) is 29.2. The number of anilines is 1. The van der Waals surface area contributed by atoms with E-state index in [2.05, 4.69) is 14.8 Å². The number of piperidine rings is 1. The number of likely N-dealkylation sites (tertiary alicyclic amines) is 1. The lowest BCUT2D eigenvalue weighted by Crippen LogP contribution is -2.56. The maximum Gasteiger partial charge on any atom is 0.338 e. The number of nitrogens with zero attached hydrogens (tertiary/aromatic N) is 4. The number of H-pyrrole nitrogens is 1. The van der Waals surface area contributed by atoms with E-state index in [1.807, 2.05) is 65.6 Å². The van der Waals surface area contributed by atoms with Gasteiger partial charge in [0.15, 0.2) is 6.61 Å². The fraction of sp³-hybridized carbons (Fsp3) is 0.333. The molecule has 4 aromatic rings. The molecule has 11 nitrogen and oxygen atoms in total. The van der Waals surface area contributed by atoms with Crippen LogP contribution in [0.5, 0.6) is 0 Å². The van der Waals surface area contributed by atoms with Crippen molar-refractivity contribution in [3.63, 3.8) is 0 Å². The van der Waals surface area contributed by atoms with Gasteiger partial charge in [-0.1, -0.05) is 42.5 Å². The summed E-state index contributed by atoms with van der Waals surface area (Å²) < 4.78 is 6.75. The van der Waals surface area contributed by atoms with Gasteiger partial charge in [-0.05, 0) is 67.8 Å². The van der Waals surface area contributed by atoms with Gasteiger partial charge in [-0.15, -0.1) is 0 Å². The van der Waals surface area contributed by atoms with Gasteiger partial charge in [0.25, 0.3) is 5.91 Å². The van der Waals surface area contributed by atoms with Crippen molar-refractivity contribution in [2.45, 2.75) is 37.9 Å². The number of esters is 1. The first-order valence-corrected chi connectivity index (χ1v) is 14.9. The number of nitrogens with one attached hydrogen (secondary N) is 1. The van der Waals surface area contributed by atoms with Crippen molar-refractivity contribution in [3.05, 3.63) is 100 Å². The summed E-state index contributed by atoms with van der Waals surface area (Å²) in [6, 6.07) is 24.7. The van der Waals surface area contributed by atoms with Crippen molar-refractivity contribution < 1.29 is 19.1 Å². The Kier molecular flexibility index (Phi) is 8.21. The molecule has 2 aliphatic heterocycles. The van der Waals surface area contributed by atoms with Gasteiger partial charge in [-0.2, -0.15) is 0 Å². The Morgan fingerprint density at radius 1 is 0.909 bits per heavy atom. The number of nitrogens with two attached hydrogens (primary N) is 1. The molecule has 0 bridgehead atoms. The number of para-hydroxylation sites is 3. The minimum absolute atomic E-state index is 0.0769. The fourth-order valence-electron chi connectivity index (χ4n) is 6.49. The van der Waals surface area contributed by atoms with E-state index in [9.17, 15) is 19.2 Å². The second-order valence-corrected chi connectivity index (χ2v) is 11.5. The van der Waals surface area contributed by atoms with Crippen molar-refractivity contribution in [1.29, 1.82) is 0 Å². The second kappa shape index (κ2) is 12.4. The van der Waals surface area contributed by atoms with E-state index in [0.29, 0.717) is 38.2 Å². The summed E-state index contributed by atoms with van der Waals surface area (Å²) in [6.07, 6.45) is 2.20. The lowest BCUT2D eigenvalue weighted by molar-refractivity contribution is -0.134. The number of ether oxygens (including phenoxy) is 1. The third kappa shape index (κ3) is 5.83. The largest absolute Gasteiger partial charge is 0.452 e. The van der Waals surface area contributed by atoms with Crippen LogP contribution in [-0.4, -0.2) is 75.6 Å². The molecule has 3 N–H and O–H groups in total. The second-order valence-electron chi connectivity index (χ2n) is 11.5. The quantitative estimate of drug-likeness (QED) is 0.269. The van der Waals surface area contributed by atoms with Crippen LogP contribution in [-0.2, 0) is 27.4 Å². The predicted molar refractivity (Wildman–Crippen MR) is 166 cm³/mol. The predicted octanol–water partition coefficient (Wildman–Crippen LogP) is 2.70. The molecule has 6 rings (SSSR count). The van der Waals surface area contributed by atoms with E-state index < -0.39 is 24.0 Å². The number of hydrogen-bond donors (Lipinski definition) is 2. The van der Waals surface area contributed by atoms with Crippen molar-refractivity contribution in [2.24, 2.45) is 5.73 Å². The Morgan fingerprint density at radius 2 is 1.66 bits per heavy atom. The van der Waals surface area contributed by atoms with Crippen LogP contribution in [0.1, 0.15) is 35.2 Å². The number of aromatic amines is 1. The molecular weight excluding hydrogens is 560 g/mol. The van der Waals surface area contributed by atoms with Crippen LogP contribution in [0.15, 0.2) is 83.7 Å². The number of rotatable bonds is 10. The lowest BCUT2D eigenvalue weighted by atomic mass is 9.85. The van der Waals surface area contributed by atoms with Gasteiger partial charge in [0.05, 0.1) is 23.3 Å². The molecular formula is C33H36N6O5. The maximum atomic E-state index is 14.2. The molecule has 1 spiro atoms. The summed E-state index contributed by atoms with van der Waals surface area (Å²) in [7, 11) is 0. The van der Waals surface area contributed by atoms with E-state index in [1.165, 1.54) is 0 Å². The molecule has 2 aliphatic rings. The molecule has 0 aliphatic carbocycles. The van der Waals surface area contributed by atoms with Gasteiger partial charge in [-0.25, -0.2) is 9.59 Å². The van der Waals surface area contributed by atoms with E-state index in [1.54, 1.807) is 22.8 Å². The van der Waals surface area contributed by atoms with E-state index in [-0.39, 0.29) is 11.6 Å². The average molecular weight is 597 g/mol. The summed E-state index contributed by atoms with van der Waals surface area (Å²) in [5, 5.41) is 0. The Balaban J connectivity index is 1.13. The maximum absolute atomic E-state index is 14.2. The molecule has 0 saturated carbocycles. The van der Waals surface area contributed by atoms with Crippen LogP contribution in [0.4, 0.5) is 5.69 Å². The van der Waals surface area contributed by atoms with Crippen molar-refractivity contribution in [1.82, 2.24) is 19.4 Å². The van der Waals surface area contributed by atoms with Gasteiger partial charge >= 0.3 is 11.7 Å². The zero-order valence-corrected chi connectivity index (χ0v) is 24.5. The summed E-state index contributed by atoms with van der Waals surface area (Å²) in [5.41, 5.74) is 8.19. The highest BCUT2D eigenvalue weighted by Crippen LogP contribution is 2.40. The summed E-state index contributed by atoms with van der Waals surface area (Å²) >= 11 is 0. The van der Waals surface area contributed by atoms with Crippen molar-refractivity contribution in [2.75, 3.05) is 37.8 Å². The zero-order chi connectivity index (χ0) is 30.7. The van der Waals surface area contributed by atoms with Crippen LogP contribution in [0, 0.1) is 0 Å². The SMILES string of the molecule is NC(=O)COC(=O)c1cccc(CN2CN(c3ccccc3)C3(CCN(CCCn4c(=O)[nH]c5ccccc54)CC3)C2=O)c1. The third-order valence-electron chi connectivity index (χ3n) is 8.68. The number of benzene rings is 3. The first-order valence-electron chi connectivity index (χ1n) is 14.9. The molecule has 2 amide bonds. The summed E-state index contributed by atoms with van der Waals surface area (Å²) in [6.45, 7) is 3.29. The Morgan fingerprint density at radius 3 is 2.43 bits per heavy atom. The molecule has 228 valence electrons. The number of primary amides is 1. The monoisotopic (exact) mass is 596 g/mol. The minimum atomic E-state index is -0.723. The van der Waals surface area contributed by atoms with Crippen molar-refractivity contribution in [3.8, 4) is 0 Å². The van der Waals surface area contributed by atoms with Crippen LogP contribution < -0.4 is 16.3 Å². The standard InChI is InChI=1S/C33H36N6O5/c34-29(40)22-44-30(41)25-9-6-8-24(20-25)21-37-23-39(26-10-2-1-3-11-26)33(31(37)42)14-18-36(19-15-33)16-7-17-38-28-13-5-4-12-27(28)35-32(38)43/h1-6,8-13,20H,7,14-19,21-23H2,(H2,34,40)(H,35,43). The topological polar surface area (TPSA) is 134 Å². The number of imidazole rings is 1. The number of carbonyl (C=O) groups excluding carboxylic acids is 3. The number of fused-ring (bicyclic) bond motifs is 1. The fourth-order valence-corrected chi connectivity index (χ4v) is 6.49. The molecule has 0 unspecified atom stereocenters. The molecule has 3 heterocycles. The first-order chi connectivity index (χ1) is 21.3. The normalized spacial score (nSPS) is 16.6. The Hall–Kier alpha value is -4.90. The van der Waals surface area contributed by atoms with Gasteiger partial charge in [0.2, 0.25) is 5.91 Å². The number of carbonyl (C=O) groups is 3. The van der Waals surface area contributed by atoms with E-state index in [4.69, 9.17) is 10.5 Å². The highest BCUT2D eigenvalue weighted by molar-refractivity contribution is 5.94. The summed E-state index contributed by atoms with van der Waals surface area (Å²) in [5.74, 6) is -1.28. The zero-order valence-electron chi connectivity index (χ0n) is 24.5.